The lowest BCUT2D eigenvalue weighted by molar-refractivity contribution is 0.0389. The monoisotopic (exact) mass is 258 g/mol. The molecule has 0 saturated carbocycles. The van der Waals surface area contributed by atoms with E-state index in [1.165, 1.54) is 0 Å². The van der Waals surface area contributed by atoms with Crippen molar-refractivity contribution >= 4 is 23.3 Å². The van der Waals surface area contributed by atoms with Crippen LogP contribution in [0.5, 0.6) is 11.5 Å². The highest BCUT2D eigenvalue weighted by molar-refractivity contribution is 7.16. The van der Waals surface area contributed by atoms with Gasteiger partial charge >= 0.3 is 11.9 Å². The largest absolute Gasteiger partial charge is 0.481 e. The molecule has 1 aliphatic heterocycles. The Hall–Kier alpha value is -1.76. The maximum absolute atomic E-state index is 11.0. The molecule has 2 atom stereocenters. The van der Waals surface area contributed by atoms with Gasteiger partial charge in [-0.05, 0) is 13.8 Å². The maximum atomic E-state index is 11.0. The van der Waals surface area contributed by atoms with Crippen LogP contribution in [0.25, 0.3) is 0 Å². The molecule has 0 aromatic carbocycles. The maximum Gasteiger partial charge on any atom is 0.349 e. The topological polar surface area (TPSA) is 93.1 Å². The van der Waals surface area contributed by atoms with Crippen LogP contribution in [0.4, 0.5) is 0 Å². The van der Waals surface area contributed by atoms with Crippen molar-refractivity contribution in [2.45, 2.75) is 26.1 Å². The number of rotatable bonds is 2. The van der Waals surface area contributed by atoms with Crippen molar-refractivity contribution < 1.29 is 29.3 Å². The van der Waals surface area contributed by atoms with Crippen molar-refractivity contribution in [3.8, 4) is 11.5 Å². The molecule has 2 unspecified atom stereocenters. The highest BCUT2D eigenvalue weighted by Gasteiger charge is 2.36. The van der Waals surface area contributed by atoms with Crippen molar-refractivity contribution in [2.24, 2.45) is 0 Å². The van der Waals surface area contributed by atoms with E-state index in [0.717, 1.165) is 0 Å². The Labute approximate surface area is 100 Å². The molecular formula is C10H10O6S. The van der Waals surface area contributed by atoms with Gasteiger partial charge in [-0.1, -0.05) is 0 Å². The molecule has 0 fully saturated rings. The van der Waals surface area contributed by atoms with E-state index in [9.17, 15) is 9.59 Å². The summed E-state index contributed by atoms with van der Waals surface area (Å²) in [7, 11) is 0. The quantitative estimate of drug-likeness (QED) is 0.838. The fraction of sp³-hybridized carbons (Fsp3) is 0.400. The Morgan fingerprint density at radius 2 is 1.35 bits per heavy atom. The molecule has 0 aliphatic carbocycles. The molecule has 0 spiro atoms. The summed E-state index contributed by atoms with van der Waals surface area (Å²) >= 11 is 0.646. The van der Waals surface area contributed by atoms with E-state index in [0.29, 0.717) is 11.3 Å². The molecule has 2 N–H and O–H groups in total. The minimum absolute atomic E-state index is 0.0190. The molecule has 92 valence electrons. The number of fused-ring (bicyclic) bond motifs is 1. The predicted octanol–water partition coefficient (Wildman–Crippen LogP) is 1.69. The molecule has 17 heavy (non-hydrogen) atoms. The van der Waals surface area contributed by atoms with Gasteiger partial charge in [-0.15, -0.1) is 11.3 Å². The van der Waals surface area contributed by atoms with Crippen molar-refractivity contribution in [1.29, 1.82) is 0 Å². The minimum Gasteiger partial charge on any atom is -0.481 e. The predicted molar refractivity (Wildman–Crippen MR) is 58.4 cm³/mol. The third-order valence-corrected chi connectivity index (χ3v) is 3.61. The molecule has 7 heteroatoms. The molecule has 1 aliphatic rings. The standard InChI is InChI=1S/C10H10O6S/c1-3-4(2)16-6-5(15-3)7(9(11)12)17-8(6)10(13)14/h3-4H,1-2H3,(H,11,12)(H,13,14). The number of carboxylic acid groups (broad SMARTS) is 2. The summed E-state index contributed by atoms with van der Waals surface area (Å²) in [4.78, 5) is 21.7. The lowest BCUT2D eigenvalue weighted by atomic mass is 10.2. The van der Waals surface area contributed by atoms with E-state index in [1.54, 1.807) is 13.8 Å². The zero-order valence-corrected chi connectivity index (χ0v) is 9.91. The zero-order valence-electron chi connectivity index (χ0n) is 9.09. The SMILES string of the molecule is CC1Oc2c(C(=O)O)sc(C(=O)O)c2OC1C. The van der Waals surface area contributed by atoms with E-state index in [1.807, 2.05) is 0 Å². The normalized spacial score (nSPS) is 22.2. The van der Waals surface area contributed by atoms with E-state index in [-0.39, 0.29) is 33.5 Å². The Bertz CT molecular complexity index is 449. The van der Waals surface area contributed by atoms with E-state index < -0.39 is 11.9 Å². The molecular weight excluding hydrogens is 248 g/mol. The van der Waals surface area contributed by atoms with Gasteiger partial charge in [0.2, 0.25) is 0 Å². The molecule has 1 aromatic rings. The van der Waals surface area contributed by atoms with Gasteiger partial charge in [-0.25, -0.2) is 9.59 Å². The van der Waals surface area contributed by atoms with Gasteiger partial charge in [-0.3, -0.25) is 0 Å². The van der Waals surface area contributed by atoms with E-state index >= 15 is 0 Å². The van der Waals surface area contributed by atoms with Crippen molar-refractivity contribution in [1.82, 2.24) is 0 Å². The minimum atomic E-state index is -1.22. The van der Waals surface area contributed by atoms with Crippen LogP contribution in [0.1, 0.15) is 33.2 Å². The lowest BCUT2D eigenvalue weighted by Crippen LogP contribution is -2.35. The first-order valence-corrected chi connectivity index (χ1v) is 5.70. The van der Waals surface area contributed by atoms with Crippen LogP contribution in [0.15, 0.2) is 0 Å². The average molecular weight is 258 g/mol. The number of carboxylic acids is 2. The Balaban J connectivity index is 2.58. The second-order valence-electron chi connectivity index (χ2n) is 3.67. The molecule has 0 radical (unpaired) electrons. The van der Waals surface area contributed by atoms with Gasteiger partial charge in [0, 0.05) is 0 Å². The summed E-state index contributed by atoms with van der Waals surface area (Å²) in [6, 6.07) is 0. The van der Waals surface area contributed by atoms with Crippen molar-refractivity contribution in [3.63, 3.8) is 0 Å². The second kappa shape index (κ2) is 3.92. The van der Waals surface area contributed by atoms with Gasteiger partial charge < -0.3 is 19.7 Å². The number of hydrogen-bond donors (Lipinski definition) is 2. The summed E-state index contributed by atoms with van der Waals surface area (Å²) in [5, 5.41) is 17.9. The van der Waals surface area contributed by atoms with Crippen LogP contribution in [0.2, 0.25) is 0 Å². The van der Waals surface area contributed by atoms with E-state index in [2.05, 4.69) is 0 Å². The number of ether oxygens (including phenoxy) is 2. The number of hydrogen-bond acceptors (Lipinski definition) is 5. The number of thiophene rings is 1. The Kier molecular flexibility index (Phi) is 2.70. The Morgan fingerprint density at radius 1 is 1.00 bits per heavy atom. The molecule has 2 heterocycles. The first kappa shape index (κ1) is 11.7. The van der Waals surface area contributed by atoms with Crippen LogP contribution in [-0.4, -0.2) is 34.4 Å². The molecule has 2 rings (SSSR count). The summed E-state index contributed by atoms with van der Waals surface area (Å²) in [6.45, 7) is 3.47. The second-order valence-corrected chi connectivity index (χ2v) is 4.70. The zero-order chi connectivity index (χ0) is 12.7. The summed E-state index contributed by atoms with van der Waals surface area (Å²) in [5.41, 5.74) is 0. The van der Waals surface area contributed by atoms with Gasteiger partial charge in [-0.2, -0.15) is 0 Å². The van der Waals surface area contributed by atoms with Gasteiger partial charge in [0.1, 0.15) is 12.2 Å². The molecule has 6 nitrogen and oxygen atoms in total. The van der Waals surface area contributed by atoms with Crippen LogP contribution in [0.3, 0.4) is 0 Å². The first-order valence-electron chi connectivity index (χ1n) is 4.88. The highest BCUT2D eigenvalue weighted by atomic mass is 32.1. The summed E-state index contributed by atoms with van der Waals surface area (Å²) < 4.78 is 10.8. The van der Waals surface area contributed by atoms with Crippen molar-refractivity contribution in [2.75, 3.05) is 0 Å². The molecule has 0 bridgehead atoms. The van der Waals surface area contributed by atoms with Crippen molar-refractivity contribution in [3.05, 3.63) is 9.75 Å². The van der Waals surface area contributed by atoms with Gasteiger partial charge in [0.15, 0.2) is 21.3 Å². The van der Waals surface area contributed by atoms with Gasteiger partial charge in [0.05, 0.1) is 0 Å². The van der Waals surface area contributed by atoms with Crippen LogP contribution < -0.4 is 9.47 Å². The highest BCUT2D eigenvalue weighted by Crippen LogP contribution is 2.46. The third-order valence-electron chi connectivity index (χ3n) is 2.48. The first-order chi connectivity index (χ1) is 7.91. The molecule has 1 aromatic heterocycles. The number of aromatic carboxylic acids is 2. The molecule has 0 saturated heterocycles. The smallest absolute Gasteiger partial charge is 0.349 e. The number of carbonyl (C=O) groups is 2. The van der Waals surface area contributed by atoms with Crippen LogP contribution in [0, 0.1) is 0 Å². The fourth-order valence-corrected chi connectivity index (χ4v) is 2.31. The summed E-state index contributed by atoms with van der Waals surface area (Å²) in [6.07, 6.45) is -0.645. The van der Waals surface area contributed by atoms with E-state index in [4.69, 9.17) is 19.7 Å². The summed E-state index contributed by atoms with van der Waals surface area (Å²) in [5.74, 6) is -2.40. The average Bonchev–Trinajstić information content (AvgIpc) is 2.57. The fourth-order valence-electron chi connectivity index (χ4n) is 1.46. The molecule has 0 amide bonds. The van der Waals surface area contributed by atoms with Crippen LogP contribution >= 0.6 is 11.3 Å². The Morgan fingerprint density at radius 3 is 1.65 bits per heavy atom. The lowest BCUT2D eigenvalue weighted by Gasteiger charge is -2.28. The third kappa shape index (κ3) is 1.82. The van der Waals surface area contributed by atoms with Crippen LogP contribution in [-0.2, 0) is 0 Å². The van der Waals surface area contributed by atoms with Gasteiger partial charge in [0.25, 0.3) is 0 Å².